The minimum atomic E-state index is 0.0930. The Morgan fingerprint density at radius 1 is 1.00 bits per heavy atom. The van der Waals surface area contributed by atoms with E-state index < -0.39 is 0 Å². The first kappa shape index (κ1) is 29.3. The number of carbonyl (C=O) groups is 1. The minimum Gasteiger partial charge on any atom is -0.441 e. The van der Waals surface area contributed by atoms with E-state index in [1.165, 1.54) is 16.8 Å². The van der Waals surface area contributed by atoms with E-state index in [2.05, 4.69) is 82.5 Å². The van der Waals surface area contributed by atoms with Gasteiger partial charge in [0.25, 0.3) is 0 Å². The molecule has 0 radical (unpaired) electrons. The molecule has 3 heterocycles. The summed E-state index contributed by atoms with van der Waals surface area (Å²) in [6, 6.07) is 17.1. The van der Waals surface area contributed by atoms with Gasteiger partial charge in [-0.15, -0.1) is 0 Å². The van der Waals surface area contributed by atoms with Gasteiger partial charge in [0.1, 0.15) is 5.76 Å². The standard InChI is InChI=1S/C33H45N5O3/c1-25-5-9-29(10-6-25)33-35-31(26(2)41-33)24-37-17-13-28(14-18-37)32(39)34-15-4-16-36(3)23-27-7-11-30(12-8-27)38-19-21-40-22-20-38/h5-12,28H,4,13-24H2,1-3H3,(H,34,39). The molecule has 0 saturated carbocycles. The van der Waals surface area contributed by atoms with Crippen molar-refractivity contribution >= 4 is 11.6 Å². The van der Waals surface area contributed by atoms with E-state index in [4.69, 9.17) is 14.1 Å². The van der Waals surface area contributed by atoms with E-state index in [0.29, 0.717) is 5.89 Å². The zero-order valence-electron chi connectivity index (χ0n) is 24.9. The fraction of sp³-hybridized carbons (Fsp3) is 0.515. The summed E-state index contributed by atoms with van der Waals surface area (Å²) in [4.78, 5) is 24.7. The average molecular weight is 560 g/mol. The predicted molar refractivity (Wildman–Crippen MR) is 163 cm³/mol. The number of benzene rings is 2. The SMILES string of the molecule is Cc1ccc(-c2nc(CN3CCC(C(=O)NCCCN(C)Cc4ccc(N5CCOCC5)cc4)CC3)c(C)o2)cc1. The normalized spacial score (nSPS) is 16.8. The number of carbonyl (C=O) groups excluding carboxylic acids is 1. The number of rotatable bonds is 11. The monoisotopic (exact) mass is 559 g/mol. The molecule has 2 aromatic carbocycles. The van der Waals surface area contributed by atoms with Gasteiger partial charge >= 0.3 is 0 Å². The van der Waals surface area contributed by atoms with Crippen molar-refractivity contribution in [3.63, 3.8) is 0 Å². The van der Waals surface area contributed by atoms with Gasteiger partial charge in [0.15, 0.2) is 0 Å². The second kappa shape index (κ2) is 14.1. The van der Waals surface area contributed by atoms with Gasteiger partial charge in [-0.1, -0.05) is 29.8 Å². The Morgan fingerprint density at radius 3 is 2.41 bits per heavy atom. The smallest absolute Gasteiger partial charge is 0.226 e. The molecule has 0 unspecified atom stereocenters. The van der Waals surface area contributed by atoms with E-state index in [1.54, 1.807) is 0 Å². The molecule has 220 valence electrons. The molecular formula is C33H45N5O3. The number of hydrogen-bond donors (Lipinski definition) is 1. The minimum absolute atomic E-state index is 0.0930. The summed E-state index contributed by atoms with van der Waals surface area (Å²) in [6.07, 6.45) is 2.71. The highest BCUT2D eigenvalue weighted by atomic mass is 16.5. The highest BCUT2D eigenvalue weighted by Gasteiger charge is 2.26. The van der Waals surface area contributed by atoms with E-state index in [9.17, 15) is 4.79 Å². The number of oxazole rings is 1. The first-order valence-electron chi connectivity index (χ1n) is 15.1. The number of morpholine rings is 1. The third-order valence-electron chi connectivity index (χ3n) is 8.30. The molecule has 0 spiro atoms. The topological polar surface area (TPSA) is 74.1 Å². The highest BCUT2D eigenvalue weighted by Crippen LogP contribution is 2.25. The number of aryl methyl sites for hydroxylation is 2. The van der Waals surface area contributed by atoms with E-state index in [-0.39, 0.29) is 11.8 Å². The van der Waals surface area contributed by atoms with Crippen molar-refractivity contribution in [1.82, 2.24) is 20.1 Å². The number of amides is 1. The van der Waals surface area contributed by atoms with Crippen LogP contribution in [0.25, 0.3) is 11.5 Å². The molecule has 8 nitrogen and oxygen atoms in total. The molecule has 1 aromatic heterocycles. The lowest BCUT2D eigenvalue weighted by atomic mass is 9.95. The van der Waals surface area contributed by atoms with Gasteiger partial charge in [0, 0.05) is 49.9 Å². The molecule has 0 aliphatic carbocycles. The van der Waals surface area contributed by atoms with Crippen molar-refractivity contribution in [1.29, 1.82) is 0 Å². The van der Waals surface area contributed by atoms with Gasteiger partial charge in [-0.05, 0) is 89.6 Å². The zero-order chi connectivity index (χ0) is 28.6. The lowest BCUT2D eigenvalue weighted by molar-refractivity contribution is -0.126. The third-order valence-corrected chi connectivity index (χ3v) is 8.30. The first-order chi connectivity index (χ1) is 19.9. The summed E-state index contributed by atoms with van der Waals surface area (Å²) in [7, 11) is 2.15. The van der Waals surface area contributed by atoms with Gasteiger partial charge in [0.05, 0.1) is 18.9 Å². The summed E-state index contributed by atoms with van der Waals surface area (Å²) in [6.45, 7) is 12.7. The molecule has 1 amide bonds. The van der Waals surface area contributed by atoms with Crippen LogP contribution in [0.5, 0.6) is 0 Å². The summed E-state index contributed by atoms with van der Waals surface area (Å²) >= 11 is 0. The van der Waals surface area contributed by atoms with Crippen LogP contribution in [-0.4, -0.2) is 80.2 Å². The Bertz CT molecular complexity index is 1240. The van der Waals surface area contributed by atoms with Crippen LogP contribution in [0.1, 0.15) is 41.8 Å². The Kier molecular flexibility index (Phi) is 10.1. The maximum atomic E-state index is 12.8. The number of nitrogens with zero attached hydrogens (tertiary/aromatic N) is 4. The molecule has 0 atom stereocenters. The molecule has 2 aliphatic heterocycles. The maximum Gasteiger partial charge on any atom is 0.226 e. The number of nitrogens with one attached hydrogen (secondary N) is 1. The molecule has 0 bridgehead atoms. The Balaban J connectivity index is 0.976. The molecule has 1 N–H and O–H groups in total. The van der Waals surface area contributed by atoms with E-state index >= 15 is 0 Å². The number of ether oxygens (including phenoxy) is 1. The van der Waals surface area contributed by atoms with Gasteiger partial charge in [-0.25, -0.2) is 4.98 Å². The van der Waals surface area contributed by atoms with E-state index in [1.807, 2.05) is 6.92 Å². The molecule has 2 saturated heterocycles. The first-order valence-corrected chi connectivity index (χ1v) is 15.1. The molecule has 8 heteroatoms. The second-order valence-corrected chi connectivity index (χ2v) is 11.6. The lowest BCUT2D eigenvalue weighted by Gasteiger charge is -2.30. The van der Waals surface area contributed by atoms with Gasteiger partial charge in [-0.3, -0.25) is 9.69 Å². The van der Waals surface area contributed by atoms with Crippen LogP contribution in [0.15, 0.2) is 52.9 Å². The average Bonchev–Trinajstić information content (AvgIpc) is 3.36. The summed E-state index contributed by atoms with van der Waals surface area (Å²) < 4.78 is 11.4. The number of aromatic nitrogens is 1. The molecule has 41 heavy (non-hydrogen) atoms. The fourth-order valence-corrected chi connectivity index (χ4v) is 5.69. The van der Waals surface area contributed by atoms with Crippen molar-refractivity contribution < 1.29 is 13.9 Å². The predicted octanol–water partition coefficient (Wildman–Crippen LogP) is 4.65. The van der Waals surface area contributed by atoms with Crippen LogP contribution < -0.4 is 10.2 Å². The Labute approximate surface area is 244 Å². The van der Waals surface area contributed by atoms with Crippen molar-refractivity contribution in [3.8, 4) is 11.5 Å². The molecular weight excluding hydrogens is 514 g/mol. The third kappa shape index (κ3) is 8.18. The van der Waals surface area contributed by atoms with Crippen LogP contribution in [-0.2, 0) is 22.6 Å². The maximum absolute atomic E-state index is 12.8. The van der Waals surface area contributed by atoms with Crippen LogP contribution in [0.4, 0.5) is 5.69 Å². The Hall–Kier alpha value is -3.20. The quantitative estimate of drug-likeness (QED) is 0.343. The Morgan fingerprint density at radius 2 is 1.71 bits per heavy atom. The van der Waals surface area contributed by atoms with Crippen LogP contribution >= 0.6 is 0 Å². The number of piperidine rings is 1. The fourth-order valence-electron chi connectivity index (χ4n) is 5.69. The lowest BCUT2D eigenvalue weighted by Crippen LogP contribution is -2.40. The van der Waals surface area contributed by atoms with Gasteiger partial charge in [0.2, 0.25) is 11.8 Å². The number of likely N-dealkylation sites (tertiary alicyclic amines) is 1. The zero-order valence-corrected chi connectivity index (χ0v) is 24.9. The van der Waals surface area contributed by atoms with Crippen molar-refractivity contribution in [2.75, 3.05) is 64.4 Å². The van der Waals surface area contributed by atoms with Crippen LogP contribution in [0.3, 0.4) is 0 Å². The molecule has 3 aromatic rings. The van der Waals surface area contributed by atoms with Crippen molar-refractivity contribution in [2.45, 2.75) is 46.2 Å². The van der Waals surface area contributed by atoms with Crippen LogP contribution in [0, 0.1) is 19.8 Å². The second-order valence-electron chi connectivity index (χ2n) is 11.6. The van der Waals surface area contributed by atoms with Gasteiger partial charge in [-0.2, -0.15) is 0 Å². The summed E-state index contributed by atoms with van der Waals surface area (Å²) in [5.74, 6) is 1.84. The van der Waals surface area contributed by atoms with Crippen molar-refractivity contribution in [2.24, 2.45) is 5.92 Å². The summed E-state index contributed by atoms with van der Waals surface area (Å²) in [5.41, 5.74) is 5.80. The van der Waals surface area contributed by atoms with Crippen LogP contribution in [0.2, 0.25) is 0 Å². The largest absolute Gasteiger partial charge is 0.441 e. The molecule has 2 fully saturated rings. The van der Waals surface area contributed by atoms with E-state index in [0.717, 1.165) is 102 Å². The van der Waals surface area contributed by atoms with Gasteiger partial charge < -0.3 is 24.3 Å². The number of hydrogen-bond acceptors (Lipinski definition) is 7. The number of anilines is 1. The van der Waals surface area contributed by atoms with Crippen molar-refractivity contribution in [3.05, 3.63) is 71.1 Å². The molecule has 5 rings (SSSR count). The molecule has 2 aliphatic rings. The summed E-state index contributed by atoms with van der Waals surface area (Å²) in [5, 5.41) is 3.19. The highest BCUT2D eigenvalue weighted by molar-refractivity contribution is 5.78.